The van der Waals surface area contributed by atoms with Crippen LogP contribution in [0.15, 0.2) is 24.3 Å². The first-order valence-corrected chi connectivity index (χ1v) is 9.29. The van der Waals surface area contributed by atoms with Crippen LogP contribution in [0.5, 0.6) is 0 Å². The molecule has 3 N–H and O–H groups in total. The van der Waals surface area contributed by atoms with E-state index in [2.05, 4.69) is 21.0 Å². The van der Waals surface area contributed by atoms with E-state index in [4.69, 9.17) is 0 Å². The van der Waals surface area contributed by atoms with Crippen molar-refractivity contribution in [3.8, 4) is 0 Å². The molecule has 7 nitrogen and oxygen atoms in total. The third kappa shape index (κ3) is 4.87. The fraction of sp³-hybridized carbons (Fsp3) is 0.450. The first-order chi connectivity index (χ1) is 12.8. The molecule has 0 aliphatic heterocycles. The number of nitrogens with one attached hydrogen (secondary N) is 3. The average Bonchev–Trinajstić information content (AvgIpc) is 3.35. The van der Waals surface area contributed by atoms with Crippen molar-refractivity contribution in [3.05, 3.63) is 46.8 Å². The number of aryl methyl sites for hydroxylation is 2. The van der Waals surface area contributed by atoms with Crippen molar-refractivity contribution in [2.24, 2.45) is 7.05 Å². The lowest BCUT2D eigenvalue weighted by Gasteiger charge is -2.15. The number of carbonyl (C=O) groups excluding carboxylic acids is 2. The molecule has 0 unspecified atom stereocenters. The van der Waals surface area contributed by atoms with Gasteiger partial charge in [0, 0.05) is 30.0 Å². The van der Waals surface area contributed by atoms with Crippen molar-refractivity contribution in [1.29, 1.82) is 0 Å². The topological polar surface area (TPSA) is 88.1 Å². The summed E-state index contributed by atoms with van der Waals surface area (Å²) in [7, 11) is 1.89. The van der Waals surface area contributed by atoms with E-state index in [0.717, 1.165) is 35.4 Å². The van der Waals surface area contributed by atoms with Gasteiger partial charge in [0.1, 0.15) is 0 Å². The number of amides is 3. The van der Waals surface area contributed by atoms with Crippen LogP contribution in [0.2, 0.25) is 0 Å². The molecule has 3 amide bonds. The van der Waals surface area contributed by atoms with Crippen molar-refractivity contribution in [2.75, 3.05) is 5.32 Å². The lowest BCUT2D eigenvalue weighted by molar-refractivity contribution is -0.120. The van der Waals surface area contributed by atoms with Gasteiger partial charge in [0.05, 0.1) is 18.2 Å². The summed E-state index contributed by atoms with van der Waals surface area (Å²) in [5.74, 6) is 0.0481. The molecule has 0 spiro atoms. The van der Waals surface area contributed by atoms with Crippen LogP contribution in [0.25, 0.3) is 0 Å². The number of carbonyl (C=O) groups is 2. The van der Waals surface area contributed by atoms with Gasteiger partial charge in [0.25, 0.3) is 0 Å². The van der Waals surface area contributed by atoms with E-state index >= 15 is 0 Å². The number of hydrogen-bond donors (Lipinski definition) is 3. The van der Waals surface area contributed by atoms with Gasteiger partial charge in [-0.1, -0.05) is 12.1 Å². The molecule has 1 aliphatic carbocycles. The molecule has 0 bridgehead atoms. The molecule has 1 aliphatic rings. The molecule has 1 aromatic carbocycles. The molecule has 1 atom stereocenters. The van der Waals surface area contributed by atoms with E-state index in [-0.39, 0.29) is 18.0 Å². The van der Waals surface area contributed by atoms with E-state index in [1.807, 2.05) is 56.8 Å². The summed E-state index contributed by atoms with van der Waals surface area (Å²) in [5.41, 5.74) is 4.59. The summed E-state index contributed by atoms with van der Waals surface area (Å²) in [4.78, 5) is 24.1. The number of rotatable bonds is 6. The van der Waals surface area contributed by atoms with Crippen molar-refractivity contribution in [2.45, 2.75) is 52.1 Å². The molecule has 1 saturated carbocycles. The number of anilines is 1. The first-order valence-electron chi connectivity index (χ1n) is 9.29. The Morgan fingerprint density at radius 1 is 1.22 bits per heavy atom. The minimum absolute atomic E-state index is 0.0481. The van der Waals surface area contributed by atoms with Crippen LogP contribution in [0, 0.1) is 13.8 Å². The van der Waals surface area contributed by atoms with Gasteiger partial charge in [-0.15, -0.1) is 0 Å². The van der Waals surface area contributed by atoms with E-state index in [1.54, 1.807) is 0 Å². The summed E-state index contributed by atoms with van der Waals surface area (Å²) in [6, 6.07) is 7.29. The molecular weight excluding hydrogens is 342 g/mol. The Hall–Kier alpha value is -2.83. The van der Waals surface area contributed by atoms with Crippen LogP contribution >= 0.6 is 0 Å². The smallest absolute Gasteiger partial charge is 0.319 e. The van der Waals surface area contributed by atoms with Gasteiger partial charge in [-0.2, -0.15) is 5.10 Å². The maximum absolute atomic E-state index is 12.3. The van der Waals surface area contributed by atoms with Crippen LogP contribution in [0.4, 0.5) is 10.5 Å². The van der Waals surface area contributed by atoms with Gasteiger partial charge in [-0.3, -0.25) is 9.48 Å². The minimum Gasteiger partial charge on any atom is -0.353 e. The molecule has 27 heavy (non-hydrogen) atoms. The predicted octanol–water partition coefficient (Wildman–Crippen LogP) is 2.74. The number of aromatic nitrogens is 2. The van der Waals surface area contributed by atoms with Gasteiger partial charge in [0.15, 0.2) is 0 Å². The predicted molar refractivity (Wildman–Crippen MR) is 105 cm³/mol. The molecule has 7 heteroatoms. The maximum Gasteiger partial charge on any atom is 0.319 e. The number of hydrogen-bond acceptors (Lipinski definition) is 3. The Labute approximate surface area is 159 Å². The summed E-state index contributed by atoms with van der Waals surface area (Å²) in [5, 5.41) is 13.1. The third-order valence-corrected chi connectivity index (χ3v) is 4.86. The highest BCUT2D eigenvalue weighted by molar-refractivity contribution is 5.89. The highest BCUT2D eigenvalue weighted by atomic mass is 16.2. The highest BCUT2D eigenvalue weighted by Crippen LogP contribution is 2.21. The van der Waals surface area contributed by atoms with Crippen molar-refractivity contribution < 1.29 is 9.59 Å². The average molecular weight is 369 g/mol. The second kappa shape index (κ2) is 7.82. The fourth-order valence-corrected chi connectivity index (χ4v) is 3.25. The van der Waals surface area contributed by atoms with Gasteiger partial charge < -0.3 is 16.0 Å². The van der Waals surface area contributed by atoms with E-state index < -0.39 is 0 Å². The Bertz CT molecular complexity index is 837. The molecule has 1 aromatic heterocycles. The molecular formula is C20H27N5O2. The van der Waals surface area contributed by atoms with Gasteiger partial charge in [0.2, 0.25) is 5.91 Å². The Balaban J connectivity index is 1.53. The summed E-state index contributed by atoms with van der Waals surface area (Å²) in [6.07, 6.45) is 2.53. The molecule has 144 valence electrons. The normalized spacial score (nSPS) is 14.5. The molecule has 0 saturated heterocycles. The molecule has 0 radical (unpaired) electrons. The molecule has 1 heterocycles. The molecule has 2 aromatic rings. The number of urea groups is 1. The third-order valence-electron chi connectivity index (χ3n) is 4.86. The van der Waals surface area contributed by atoms with Crippen molar-refractivity contribution >= 4 is 17.6 Å². The summed E-state index contributed by atoms with van der Waals surface area (Å²) in [6.45, 7) is 5.87. The number of benzene rings is 1. The zero-order valence-corrected chi connectivity index (χ0v) is 16.3. The lowest BCUT2D eigenvalue weighted by atomic mass is 10.1. The monoisotopic (exact) mass is 369 g/mol. The van der Waals surface area contributed by atoms with Gasteiger partial charge in [-0.05, 0) is 51.3 Å². The van der Waals surface area contributed by atoms with Crippen molar-refractivity contribution in [1.82, 2.24) is 20.4 Å². The van der Waals surface area contributed by atoms with Gasteiger partial charge >= 0.3 is 6.03 Å². The Kier molecular flexibility index (Phi) is 5.48. The van der Waals surface area contributed by atoms with E-state index in [9.17, 15) is 9.59 Å². The van der Waals surface area contributed by atoms with E-state index in [0.29, 0.717) is 18.2 Å². The highest BCUT2D eigenvalue weighted by Gasteiger charge is 2.23. The van der Waals surface area contributed by atoms with Crippen LogP contribution in [-0.2, 0) is 18.3 Å². The molecule has 1 fully saturated rings. The second-order valence-corrected chi connectivity index (χ2v) is 7.24. The number of nitrogens with zero attached hydrogens (tertiary/aromatic N) is 2. The zero-order valence-electron chi connectivity index (χ0n) is 16.3. The standard InChI is InChI=1S/C20H27N5O2/c1-12(19-13(2)24-25(4)14(19)3)21-20(27)23-17-7-5-15(6-8-17)11-18(26)22-16-9-10-16/h5-8,12,16H,9-11H2,1-4H3,(H,22,26)(H2,21,23,27)/t12-/m1/s1. The van der Waals surface area contributed by atoms with Gasteiger partial charge in [-0.25, -0.2) is 4.79 Å². The quantitative estimate of drug-likeness (QED) is 0.731. The maximum atomic E-state index is 12.3. The zero-order chi connectivity index (χ0) is 19.6. The SMILES string of the molecule is Cc1nn(C)c(C)c1[C@@H](C)NC(=O)Nc1ccc(CC(=O)NC2CC2)cc1. The Morgan fingerprint density at radius 2 is 1.89 bits per heavy atom. The summed E-state index contributed by atoms with van der Waals surface area (Å²) >= 11 is 0. The van der Waals surface area contributed by atoms with Crippen LogP contribution in [0.1, 0.15) is 48.3 Å². The van der Waals surface area contributed by atoms with Crippen LogP contribution in [-0.4, -0.2) is 27.8 Å². The van der Waals surface area contributed by atoms with E-state index in [1.165, 1.54) is 0 Å². The first kappa shape index (κ1) is 18.9. The Morgan fingerprint density at radius 3 is 2.44 bits per heavy atom. The largest absolute Gasteiger partial charge is 0.353 e. The fourth-order valence-electron chi connectivity index (χ4n) is 3.25. The van der Waals surface area contributed by atoms with Crippen LogP contribution in [0.3, 0.4) is 0 Å². The van der Waals surface area contributed by atoms with Crippen LogP contribution < -0.4 is 16.0 Å². The minimum atomic E-state index is -0.274. The molecule has 3 rings (SSSR count). The second-order valence-electron chi connectivity index (χ2n) is 7.24. The lowest BCUT2D eigenvalue weighted by Crippen LogP contribution is -2.31. The van der Waals surface area contributed by atoms with Crippen molar-refractivity contribution in [3.63, 3.8) is 0 Å². The summed E-state index contributed by atoms with van der Waals surface area (Å²) < 4.78 is 1.82.